The van der Waals surface area contributed by atoms with E-state index in [1.807, 2.05) is 0 Å². The number of anilines is 1. The van der Waals surface area contributed by atoms with E-state index in [0.29, 0.717) is 16.1 Å². The van der Waals surface area contributed by atoms with Crippen LogP contribution in [0.4, 0.5) is 5.69 Å². The molecule has 0 aromatic heterocycles. The van der Waals surface area contributed by atoms with Crippen molar-refractivity contribution < 1.29 is 25.9 Å². The van der Waals surface area contributed by atoms with Gasteiger partial charge in [0, 0.05) is 11.1 Å². The van der Waals surface area contributed by atoms with Gasteiger partial charge in [0.15, 0.2) is 0 Å². The van der Waals surface area contributed by atoms with Gasteiger partial charge in [-0.05, 0) is 36.6 Å². The van der Waals surface area contributed by atoms with Crippen LogP contribution in [0.5, 0.6) is 0 Å². The zero-order valence-electron chi connectivity index (χ0n) is 11.1. The minimum Gasteiger partial charge on any atom is -0.350 e. The highest BCUT2D eigenvalue weighted by Crippen LogP contribution is 2.29. The highest BCUT2D eigenvalue weighted by atomic mass is 32.2. The fourth-order valence-corrected chi connectivity index (χ4v) is 3.09. The Labute approximate surface area is 132 Å². The fraction of sp³-hybridized carbons (Fsp3) is 0.0833. The van der Waals surface area contributed by atoms with Crippen LogP contribution in [-0.4, -0.2) is 30.9 Å². The van der Waals surface area contributed by atoms with Gasteiger partial charge in [0.05, 0.1) is 14.8 Å². The van der Waals surface area contributed by atoms with E-state index in [0.717, 1.165) is 12.1 Å². The molecule has 3 N–H and O–H groups in total. The van der Waals surface area contributed by atoms with Gasteiger partial charge in [-0.1, -0.05) is 18.3 Å². The summed E-state index contributed by atoms with van der Waals surface area (Å²) in [6.45, 7) is 1.58. The van der Waals surface area contributed by atoms with Crippen LogP contribution in [0, 0.1) is 0 Å². The number of nitrogens with one attached hydrogen (secondary N) is 1. The Morgan fingerprint density at radius 2 is 1.55 bits per heavy atom. The van der Waals surface area contributed by atoms with Crippen LogP contribution < -0.4 is 5.32 Å². The molecule has 10 heteroatoms. The molecular weight excluding hydrogens is 350 g/mol. The standard InChI is InChI=1S/C12H11NO6S3/c1-7(20)13-12-6-10(22(17,18)19)5-8-4-9(21(14,15)16)2-3-11(8)12/h2-6H,1H3,(H,13,20)(H,14,15,16)(H,17,18,19). The number of thiocarbonyl (C=S) groups is 1. The lowest BCUT2D eigenvalue weighted by molar-refractivity contribution is 0.481. The van der Waals surface area contributed by atoms with Gasteiger partial charge < -0.3 is 5.32 Å². The summed E-state index contributed by atoms with van der Waals surface area (Å²) in [5.41, 5.74) is 0.291. The number of hydrogen-bond acceptors (Lipinski definition) is 5. The molecule has 0 atom stereocenters. The normalized spacial score (nSPS) is 12.3. The summed E-state index contributed by atoms with van der Waals surface area (Å²) in [5.74, 6) is 0. The lowest BCUT2D eigenvalue weighted by atomic mass is 10.1. The quantitative estimate of drug-likeness (QED) is 0.561. The third-order valence-corrected chi connectivity index (χ3v) is 4.59. The number of fused-ring (bicyclic) bond motifs is 1. The maximum absolute atomic E-state index is 11.3. The molecular formula is C12H11NO6S3. The molecule has 2 aromatic carbocycles. The van der Waals surface area contributed by atoms with Gasteiger partial charge in [-0.25, -0.2) is 0 Å². The van der Waals surface area contributed by atoms with Crippen molar-refractivity contribution in [2.45, 2.75) is 16.7 Å². The second-order valence-electron chi connectivity index (χ2n) is 4.49. The molecule has 0 saturated carbocycles. The topological polar surface area (TPSA) is 121 Å². The van der Waals surface area contributed by atoms with Crippen molar-refractivity contribution in [1.29, 1.82) is 0 Å². The summed E-state index contributed by atoms with van der Waals surface area (Å²) < 4.78 is 63.2. The van der Waals surface area contributed by atoms with Crippen molar-refractivity contribution in [1.82, 2.24) is 0 Å². The number of hydrogen-bond donors (Lipinski definition) is 3. The first kappa shape index (κ1) is 16.8. The van der Waals surface area contributed by atoms with E-state index >= 15 is 0 Å². The van der Waals surface area contributed by atoms with Crippen molar-refractivity contribution in [3.8, 4) is 0 Å². The van der Waals surface area contributed by atoms with Gasteiger partial charge in [-0.15, -0.1) is 0 Å². The molecule has 0 radical (unpaired) electrons. The van der Waals surface area contributed by atoms with E-state index in [1.54, 1.807) is 6.92 Å². The van der Waals surface area contributed by atoms with E-state index in [2.05, 4.69) is 5.32 Å². The average molecular weight is 361 g/mol. The van der Waals surface area contributed by atoms with Gasteiger partial charge in [0.25, 0.3) is 20.2 Å². The maximum atomic E-state index is 11.3. The lowest BCUT2D eigenvalue weighted by Gasteiger charge is -2.11. The zero-order valence-corrected chi connectivity index (χ0v) is 13.6. The monoisotopic (exact) mass is 361 g/mol. The summed E-state index contributed by atoms with van der Waals surface area (Å²) in [7, 11) is -8.93. The van der Waals surface area contributed by atoms with Crippen LogP contribution in [0.15, 0.2) is 40.1 Å². The Morgan fingerprint density at radius 1 is 1.00 bits per heavy atom. The Bertz CT molecular complexity index is 974. The molecule has 2 aromatic rings. The molecule has 0 aliphatic rings. The molecule has 0 unspecified atom stereocenters. The predicted octanol–water partition coefficient (Wildman–Crippen LogP) is 2.09. The van der Waals surface area contributed by atoms with E-state index < -0.39 is 30.0 Å². The third kappa shape index (κ3) is 3.59. The molecule has 0 fully saturated rings. The Morgan fingerprint density at radius 3 is 2.05 bits per heavy atom. The fourth-order valence-electron chi connectivity index (χ4n) is 1.92. The molecule has 0 aliphatic carbocycles. The lowest BCUT2D eigenvalue weighted by Crippen LogP contribution is -2.07. The van der Waals surface area contributed by atoms with Gasteiger partial charge in [-0.3, -0.25) is 9.11 Å². The van der Waals surface area contributed by atoms with Gasteiger partial charge in [-0.2, -0.15) is 16.8 Å². The molecule has 118 valence electrons. The summed E-state index contributed by atoms with van der Waals surface area (Å²) in [6, 6.07) is 5.95. The Hall–Kier alpha value is -1.59. The number of rotatable bonds is 3. The highest BCUT2D eigenvalue weighted by molar-refractivity contribution is 7.86. The van der Waals surface area contributed by atoms with Crippen LogP contribution in [0.1, 0.15) is 6.92 Å². The van der Waals surface area contributed by atoms with E-state index in [1.165, 1.54) is 18.2 Å². The first-order chi connectivity index (χ1) is 9.98. The maximum Gasteiger partial charge on any atom is 0.294 e. The molecule has 0 bridgehead atoms. The summed E-state index contributed by atoms with van der Waals surface area (Å²) in [4.78, 5) is -0.462. The molecule has 0 aliphatic heterocycles. The van der Waals surface area contributed by atoms with E-state index in [4.69, 9.17) is 16.8 Å². The Balaban J connectivity index is 2.85. The van der Waals surface area contributed by atoms with Crippen LogP contribution in [0.2, 0.25) is 0 Å². The van der Waals surface area contributed by atoms with Gasteiger partial charge >= 0.3 is 0 Å². The predicted molar refractivity (Wildman–Crippen MR) is 85.5 cm³/mol. The molecule has 0 saturated heterocycles. The smallest absolute Gasteiger partial charge is 0.294 e. The molecule has 0 amide bonds. The van der Waals surface area contributed by atoms with Gasteiger partial charge in [0.1, 0.15) is 0 Å². The molecule has 0 heterocycles. The second-order valence-corrected chi connectivity index (χ2v) is 7.94. The summed E-state index contributed by atoms with van der Waals surface area (Å²) in [5, 5.41) is 3.44. The molecule has 7 nitrogen and oxygen atoms in total. The Kier molecular flexibility index (Phi) is 4.24. The molecule has 22 heavy (non-hydrogen) atoms. The molecule has 2 rings (SSSR count). The van der Waals surface area contributed by atoms with E-state index in [-0.39, 0.29) is 5.39 Å². The van der Waals surface area contributed by atoms with E-state index in [9.17, 15) is 21.4 Å². The largest absolute Gasteiger partial charge is 0.350 e. The first-order valence-electron chi connectivity index (χ1n) is 5.79. The van der Waals surface area contributed by atoms with Crippen molar-refractivity contribution in [3.63, 3.8) is 0 Å². The van der Waals surface area contributed by atoms with Crippen LogP contribution in [0.25, 0.3) is 10.8 Å². The summed E-state index contributed by atoms with van der Waals surface area (Å²) >= 11 is 4.90. The third-order valence-electron chi connectivity index (χ3n) is 2.80. The second kappa shape index (κ2) is 5.56. The summed E-state index contributed by atoms with van der Waals surface area (Å²) in [6.07, 6.45) is 0. The minimum absolute atomic E-state index is 0.198. The SMILES string of the molecule is CC(=S)Nc1cc(S(=O)(=O)O)cc2cc(S(=O)(=O)O)ccc12. The average Bonchev–Trinajstić information content (AvgIpc) is 2.35. The number of benzene rings is 2. The minimum atomic E-state index is -4.50. The molecule has 0 spiro atoms. The van der Waals surface area contributed by atoms with Crippen LogP contribution >= 0.6 is 12.2 Å². The van der Waals surface area contributed by atoms with Crippen molar-refractivity contribution in [2.24, 2.45) is 0 Å². The van der Waals surface area contributed by atoms with Crippen molar-refractivity contribution in [2.75, 3.05) is 5.32 Å². The van der Waals surface area contributed by atoms with Crippen LogP contribution in [0.3, 0.4) is 0 Å². The van der Waals surface area contributed by atoms with Crippen molar-refractivity contribution >= 4 is 53.9 Å². The van der Waals surface area contributed by atoms with Gasteiger partial charge in [0.2, 0.25) is 0 Å². The first-order valence-corrected chi connectivity index (χ1v) is 9.08. The zero-order chi connectivity index (χ0) is 16.7. The van der Waals surface area contributed by atoms with Crippen molar-refractivity contribution in [3.05, 3.63) is 30.3 Å². The van der Waals surface area contributed by atoms with Crippen LogP contribution in [-0.2, 0) is 20.2 Å². The highest BCUT2D eigenvalue weighted by Gasteiger charge is 2.16.